The molecule has 0 aliphatic carbocycles. The zero-order valence-corrected chi connectivity index (χ0v) is 17.2. The number of carbonyl (C=O) groups excluding carboxylic acids is 3. The van der Waals surface area contributed by atoms with E-state index in [0.717, 1.165) is 5.56 Å². The van der Waals surface area contributed by atoms with E-state index in [1.165, 1.54) is 6.92 Å². The van der Waals surface area contributed by atoms with Gasteiger partial charge in [0.15, 0.2) is 11.5 Å². The summed E-state index contributed by atoms with van der Waals surface area (Å²) in [6.45, 7) is 6.28. The first kappa shape index (κ1) is 21.0. The predicted molar refractivity (Wildman–Crippen MR) is 105 cm³/mol. The second-order valence-corrected chi connectivity index (χ2v) is 7.22. The Balaban J connectivity index is 2.12. The van der Waals surface area contributed by atoms with Crippen molar-refractivity contribution in [1.29, 1.82) is 0 Å². The van der Waals surface area contributed by atoms with E-state index < -0.39 is 11.7 Å². The van der Waals surface area contributed by atoms with Crippen LogP contribution in [0.25, 0.3) is 5.57 Å². The maximum atomic E-state index is 13.1. The molecular formula is C21H26N2O6. The molecule has 2 aliphatic rings. The zero-order valence-electron chi connectivity index (χ0n) is 17.2. The summed E-state index contributed by atoms with van der Waals surface area (Å²) in [5.74, 6) is -0.194. The van der Waals surface area contributed by atoms with Crippen LogP contribution in [-0.4, -0.2) is 55.3 Å². The molecule has 3 rings (SSSR count). The van der Waals surface area contributed by atoms with E-state index in [4.69, 9.17) is 14.3 Å². The first-order chi connectivity index (χ1) is 13.8. The van der Waals surface area contributed by atoms with E-state index in [9.17, 15) is 14.4 Å². The Morgan fingerprint density at radius 2 is 1.93 bits per heavy atom. The third-order valence-corrected chi connectivity index (χ3v) is 5.44. The average Bonchev–Trinajstić information content (AvgIpc) is 2.94. The summed E-state index contributed by atoms with van der Waals surface area (Å²) in [5, 5.41) is 4.81. The van der Waals surface area contributed by atoms with E-state index in [1.54, 1.807) is 37.3 Å². The van der Waals surface area contributed by atoms with Gasteiger partial charge in [-0.1, -0.05) is 12.1 Å². The average molecular weight is 402 g/mol. The number of hydroxylamine groups is 2. The fourth-order valence-corrected chi connectivity index (χ4v) is 3.82. The van der Waals surface area contributed by atoms with Crippen molar-refractivity contribution in [3.05, 3.63) is 40.6 Å². The van der Waals surface area contributed by atoms with Gasteiger partial charge in [-0.3, -0.25) is 9.59 Å². The molecule has 0 aromatic heterocycles. The van der Waals surface area contributed by atoms with Crippen molar-refractivity contribution in [1.82, 2.24) is 10.4 Å². The topological polar surface area (TPSA) is 94.2 Å². The minimum Gasteiger partial charge on any atom is -0.434 e. The van der Waals surface area contributed by atoms with E-state index in [2.05, 4.69) is 5.32 Å². The number of nitrogens with one attached hydrogen (secondary N) is 1. The van der Waals surface area contributed by atoms with Gasteiger partial charge in [0.25, 0.3) is 5.91 Å². The van der Waals surface area contributed by atoms with Crippen LogP contribution < -0.4 is 5.32 Å². The van der Waals surface area contributed by atoms with E-state index >= 15 is 0 Å². The summed E-state index contributed by atoms with van der Waals surface area (Å²) >= 11 is 0. The molecule has 0 saturated carbocycles. The number of hydrogen-bond donors (Lipinski definition) is 1. The van der Waals surface area contributed by atoms with Crippen LogP contribution in [0.4, 0.5) is 4.79 Å². The maximum absolute atomic E-state index is 13.1. The van der Waals surface area contributed by atoms with Crippen LogP contribution in [0.5, 0.6) is 0 Å². The molecule has 0 unspecified atom stereocenters. The summed E-state index contributed by atoms with van der Waals surface area (Å²) in [5.41, 5.74) is 1.30. The molecule has 8 heteroatoms. The lowest BCUT2D eigenvalue weighted by Crippen LogP contribution is -2.53. The third-order valence-electron chi connectivity index (χ3n) is 5.44. The minimum atomic E-state index is -0.856. The lowest BCUT2D eigenvalue weighted by atomic mass is 9.85. The van der Waals surface area contributed by atoms with E-state index in [-0.39, 0.29) is 29.6 Å². The third kappa shape index (κ3) is 4.04. The molecule has 1 aromatic rings. The van der Waals surface area contributed by atoms with Gasteiger partial charge in [0, 0.05) is 18.7 Å². The number of amides is 1. The number of hydrogen-bond acceptors (Lipinski definition) is 7. The first-order valence-corrected chi connectivity index (χ1v) is 9.64. The second kappa shape index (κ2) is 8.34. The van der Waals surface area contributed by atoms with Crippen LogP contribution >= 0.6 is 0 Å². The Kier molecular flexibility index (Phi) is 6.04. The number of aryl methyl sites for hydroxylation is 1. The van der Waals surface area contributed by atoms with Crippen LogP contribution in [0, 0.1) is 6.92 Å². The summed E-state index contributed by atoms with van der Waals surface area (Å²) in [4.78, 5) is 42.4. The standard InChI is InChI=1S/C21H26N2O6/c1-5-28-20(26)29-18-17(16-12-15(14(3)24)7-6-13(16)2)19(25)22-21(18)8-10-23(27-4)11-9-21/h6-7,12H,5,8-11H2,1-4H3,(H,22,25). The number of piperidine rings is 1. The number of nitrogens with zero attached hydrogens (tertiary/aromatic N) is 1. The van der Waals surface area contributed by atoms with Crippen LogP contribution in [0.3, 0.4) is 0 Å². The van der Waals surface area contributed by atoms with Gasteiger partial charge in [-0.15, -0.1) is 0 Å². The molecule has 1 fully saturated rings. The van der Waals surface area contributed by atoms with Gasteiger partial charge < -0.3 is 19.6 Å². The second-order valence-electron chi connectivity index (χ2n) is 7.22. The summed E-state index contributed by atoms with van der Waals surface area (Å²) in [7, 11) is 1.60. The van der Waals surface area contributed by atoms with Crippen molar-refractivity contribution in [3.63, 3.8) is 0 Å². The highest BCUT2D eigenvalue weighted by Crippen LogP contribution is 2.41. The molecule has 156 valence electrons. The Labute approximate surface area is 169 Å². The molecule has 8 nitrogen and oxygen atoms in total. The molecule has 2 aliphatic heterocycles. The van der Waals surface area contributed by atoms with Gasteiger partial charge in [-0.2, -0.15) is 5.06 Å². The number of benzene rings is 1. The molecule has 1 amide bonds. The van der Waals surface area contributed by atoms with Gasteiger partial charge >= 0.3 is 6.16 Å². The normalized spacial score (nSPS) is 18.7. The van der Waals surface area contributed by atoms with Crippen molar-refractivity contribution >= 4 is 23.4 Å². The van der Waals surface area contributed by atoms with E-state index in [1.807, 2.05) is 6.92 Å². The lowest BCUT2D eigenvalue weighted by Gasteiger charge is -2.38. The Bertz CT molecular complexity index is 868. The highest BCUT2D eigenvalue weighted by molar-refractivity contribution is 6.24. The molecule has 1 N–H and O–H groups in total. The Morgan fingerprint density at radius 1 is 1.24 bits per heavy atom. The number of rotatable bonds is 5. The van der Waals surface area contributed by atoms with Crippen molar-refractivity contribution < 1.29 is 28.7 Å². The van der Waals surface area contributed by atoms with Gasteiger partial charge in [0.2, 0.25) is 0 Å². The quantitative estimate of drug-likeness (QED) is 0.598. The van der Waals surface area contributed by atoms with Gasteiger partial charge in [0.1, 0.15) is 5.54 Å². The highest BCUT2D eigenvalue weighted by atomic mass is 16.7. The predicted octanol–water partition coefficient (Wildman–Crippen LogP) is 2.61. The maximum Gasteiger partial charge on any atom is 0.513 e. The number of ether oxygens (including phenoxy) is 2. The summed E-state index contributed by atoms with van der Waals surface area (Å²) in [6, 6.07) is 5.17. The number of carbonyl (C=O) groups is 3. The first-order valence-electron chi connectivity index (χ1n) is 9.64. The fourth-order valence-electron chi connectivity index (χ4n) is 3.82. The number of Topliss-reactive ketones (excluding diaryl/α,β-unsaturated/α-hetero) is 1. The Hall–Kier alpha value is -2.71. The molecule has 2 heterocycles. The van der Waals surface area contributed by atoms with Gasteiger partial charge in [-0.25, -0.2) is 4.79 Å². The lowest BCUT2D eigenvalue weighted by molar-refractivity contribution is -0.152. The van der Waals surface area contributed by atoms with Gasteiger partial charge in [-0.05, 0) is 50.8 Å². The largest absolute Gasteiger partial charge is 0.513 e. The van der Waals surface area contributed by atoms with Crippen molar-refractivity contribution in [2.24, 2.45) is 0 Å². The summed E-state index contributed by atoms with van der Waals surface area (Å²) < 4.78 is 10.6. The minimum absolute atomic E-state index is 0.110. The Morgan fingerprint density at radius 3 is 2.52 bits per heavy atom. The van der Waals surface area contributed by atoms with Crippen LogP contribution in [0.2, 0.25) is 0 Å². The van der Waals surface area contributed by atoms with Crippen LogP contribution in [0.1, 0.15) is 48.2 Å². The monoisotopic (exact) mass is 402 g/mol. The van der Waals surface area contributed by atoms with Crippen LogP contribution in [0.15, 0.2) is 24.0 Å². The van der Waals surface area contributed by atoms with Gasteiger partial charge in [0.05, 0.1) is 19.3 Å². The zero-order chi connectivity index (χ0) is 21.2. The molecule has 29 heavy (non-hydrogen) atoms. The van der Waals surface area contributed by atoms with Crippen molar-refractivity contribution in [2.45, 2.75) is 39.2 Å². The smallest absolute Gasteiger partial charge is 0.434 e. The van der Waals surface area contributed by atoms with Crippen molar-refractivity contribution in [2.75, 3.05) is 26.8 Å². The molecule has 0 atom stereocenters. The number of ketones is 1. The summed E-state index contributed by atoms with van der Waals surface area (Å²) in [6.07, 6.45) is 0.164. The van der Waals surface area contributed by atoms with Crippen molar-refractivity contribution in [3.8, 4) is 0 Å². The SMILES string of the molecule is CCOC(=O)OC1=C(c2cc(C(C)=O)ccc2C)C(=O)NC12CCN(OC)CC2. The highest BCUT2D eigenvalue weighted by Gasteiger charge is 2.50. The van der Waals surface area contributed by atoms with E-state index in [0.29, 0.717) is 37.1 Å². The molecular weight excluding hydrogens is 376 g/mol. The molecule has 1 saturated heterocycles. The molecule has 1 aromatic carbocycles. The molecule has 0 radical (unpaired) electrons. The molecule has 1 spiro atoms. The van der Waals surface area contributed by atoms with Crippen LogP contribution in [-0.2, 0) is 19.1 Å². The fraction of sp³-hybridized carbons (Fsp3) is 0.476. The molecule has 0 bridgehead atoms.